The fourth-order valence-corrected chi connectivity index (χ4v) is 4.19. The van der Waals surface area contributed by atoms with E-state index in [1.165, 1.54) is 25.7 Å². The van der Waals surface area contributed by atoms with Gasteiger partial charge in [0.1, 0.15) is 6.07 Å². The fraction of sp³-hybridized carbons (Fsp3) is 0.571. The lowest BCUT2D eigenvalue weighted by atomic mass is 9.95. The molecule has 3 heterocycles. The lowest BCUT2D eigenvalue weighted by Crippen LogP contribution is -2.43. The van der Waals surface area contributed by atoms with Gasteiger partial charge in [-0.25, -0.2) is 0 Å². The maximum Gasteiger partial charge on any atom is 0.266 e. The van der Waals surface area contributed by atoms with Crippen molar-refractivity contribution < 1.29 is 13.6 Å². The van der Waals surface area contributed by atoms with Crippen molar-refractivity contribution in [3.8, 4) is 17.7 Å². The summed E-state index contributed by atoms with van der Waals surface area (Å²) in [4.78, 5) is 18.9. The summed E-state index contributed by atoms with van der Waals surface area (Å²) < 4.78 is 11.1. The van der Waals surface area contributed by atoms with Gasteiger partial charge < -0.3 is 19.1 Å². The van der Waals surface area contributed by atoms with Crippen molar-refractivity contribution in [2.45, 2.75) is 57.4 Å². The van der Waals surface area contributed by atoms with Crippen molar-refractivity contribution in [3.05, 3.63) is 24.1 Å². The molecule has 2 aliphatic rings. The predicted molar refractivity (Wildman–Crippen MR) is 103 cm³/mol. The van der Waals surface area contributed by atoms with E-state index in [0.29, 0.717) is 36.7 Å². The van der Waals surface area contributed by atoms with Gasteiger partial charge in [-0.3, -0.25) is 4.79 Å². The SMILES string of the molecule is N#Cc1nc(-c2ccco2)oc1N1CCC(C(=O)NC2CCCCCC2)CC1. The van der Waals surface area contributed by atoms with Gasteiger partial charge in [0.05, 0.1) is 6.26 Å². The van der Waals surface area contributed by atoms with Gasteiger partial charge in [-0.05, 0) is 37.8 Å². The maximum absolute atomic E-state index is 12.7. The molecule has 1 N–H and O–H groups in total. The second kappa shape index (κ2) is 8.51. The average Bonchev–Trinajstić information content (AvgIpc) is 3.33. The first-order valence-electron chi connectivity index (χ1n) is 10.2. The highest BCUT2D eigenvalue weighted by Gasteiger charge is 2.30. The third-order valence-corrected chi connectivity index (χ3v) is 5.80. The Kier molecular flexibility index (Phi) is 5.65. The summed E-state index contributed by atoms with van der Waals surface area (Å²) >= 11 is 0. The van der Waals surface area contributed by atoms with Crippen LogP contribution in [0, 0.1) is 17.2 Å². The summed E-state index contributed by atoms with van der Waals surface area (Å²) in [6.45, 7) is 1.34. The minimum absolute atomic E-state index is 0.0255. The smallest absolute Gasteiger partial charge is 0.266 e. The number of aromatic nitrogens is 1. The highest BCUT2D eigenvalue weighted by atomic mass is 16.4. The van der Waals surface area contributed by atoms with Crippen LogP contribution < -0.4 is 10.2 Å². The molecule has 7 heteroatoms. The quantitative estimate of drug-likeness (QED) is 0.807. The number of oxazole rings is 1. The average molecular weight is 382 g/mol. The van der Waals surface area contributed by atoms with E-state index < -0.39 is 0 Å². The van der Waals surface area contributed by atoms with E-state index in [1.54, 1.807) is 18.4 Å². The van der Waals surface area contributed by atoms with Crippen molar-refractivity contribution in [1.82, 2.24) is 10.3 Å². The van der Waals surface area contributed by atoms with Crippen LogP contribution in [0.4, 0.5) is 5.88 Å². The molecule has 1 amide bonds. The van der Waals surface area contributed by atoms with Crippen molar-refractivity contribution in [1.29, 1.82) is 5.26 Å². The standard InChI is InChI=1S/C21H26N4O3/c22-14-17-21(28-20(24-17)18-8-5-13-27-18)25-11-9-15(10-12-25)19(26)23-16-6-3-1-2-4-7-16/h5,8,13,15-16H,1-4,6-7,9-12H2,(H,23,26). The van der Waals surface area contributed by atoms with Crippen LogP contribution in [0.1, 0.15) is 57.1 Å². The molecule has 0 atom stereocenters. The molecule has 0 spiro atoms. The van der Waals surface area contributed by atoms with Crippen molar-refractivity contribution in [2.24, 2.45) is 5.92 Å². The number of piperidine rings is 1. The van der Waals surface area contributed by atoms with Crippen molar-refractivity contribution >= 4 is 11.8 Å². The molecule has 1 saturated heterocycles. The van der Waals surface area contributed by atoms with Crippen LogP contribution in [0.25, 0.3) is 11.7 Å². The Morgan fingerprint density at radius 2 is 1.93 bits per heavy atom. The van der Waals surface area contributed by atoms with E-state index in [9.17, 15) is 10.1 Å². The first-order valence-corrected chi connectivity index (χ1v) is 10.2. The molecule has 1 aliphatic heterocycles. The molecule has 0 unspecified atom stereocenters. The highest BCUT2D eigenvalue weighted by Crippen LogP contribution is 2.31. The number of rotatable bonds is 4. The Balaban J connectivity index is 1.36. The molecule has 0 bridgehead atoms. The molecule has 7 nitrogen and oxygen atoms in total. The van der Waals surface area contributed by atoms with Gasteiger partial charge in [-0.1, -0.05) is 25.7 Å². The summed E-state index contributed by atoms with van der Waals surface area (Å²) in [5.74, 6) is 1.49. The van der Waals surface area contributed by atoms with Crippen LogP contribution in [0.3, 0.4) is 0 Å². The number of hydrogen-bond acceptors (Lipinski definition) is 6. The Hall–Kier alpha value is -2.75. The molecule has 2 fully saturated rings. The van der Waals surface area contributed by atoms with Gasteiger partial charge in [-0.2, -0.15) is 10.2 Å². The molecule has 148 valence electrons. The number of nitrogens with one attached hydrogen (secondary N) is 1. The van der Waals surface area contributed by atoms with Gasteiger partial charge in [0.2, 0.25) is 17.5 Å². The second-order valence-electron chi connectivity index (χ2n) is 7.72. The maximum atomic E-state index is 12.7. The van der Waals surface area contributed by atoms with Crippen LogP contribution in [0.15, 0.2) is 27.2 Å². The fourth-order valence-electron chi connectivity index (χ4n) is 4.19. The zero-order chi connectivity index (χ0) is 19.3. The molecule has 1 saturated carbocycles. The van der Waals surface area contributed by atoms with Gasteiger partial charge >= 0.3 is 0 Å². The van der Waals surface area contributed by atoms with Crippen LogP contribution >= 0.6 is 0 Å². The Morgan fingerprint density at radius 3 is 2.57 bits per heavy atom. The summed E-state index contributed by atoms with van der Waals surface area (Å²) in [5.41, 5.74) is 0.257. The molecular weight excluding hydrogens is 356 g/mol. The number of carbonyl (C=O) groups is 1. The van der Waals surface area contributed by atoms with Crippen molar-refractivity contribution in [3.63, 3.8) is 0 Å². The van der Waals surface area contributed by atoms with Gasteiger partial charge in [-0.15, -0.1) is 0 Å². The van der Waals surface area contributed by atoms with Crippen LogP contribution in [-0.2, 0) is 4.79 Å². The highest BCUT2D eigenvalue weighted by molar-refractivity contribution is 5.79. The number of furan rings is 1. The van der Waals surface area contributed by atoms with Gasteiger partial charge in [0.15, 0.2) is 5.76 Å². The largest absolute Gasteiger partial charge is 0.459 e. The molecule has 2 aromatic heterocycles. The second-order valence-corrected chi connectivity index (χ2v) is 7.72. The first kappa shape index (κ1) is 18.6. The Bertz CT molecular complexity index is 820. The number of carbonyl (C=O) groups excluding carboxylic acids is 1. The number of amides is 1. The molecule has 0 radical (unpaired) electrons. The predicted octanol–water partition coefficient (Wildman–Crippen LogP) is 3.86. The number of nitriles is 1. The van der Waals surface area contributed by atoms with E-state index in [2.05, 4.69) is 16.4 Å². The summed E-state index contributed by atoms with van der Waals surface area (Å²) in [5, 5.41) is 12.7. The monoisotopic (exact) mass is 382 g/mol. The van der Waals surface area contributed by atoms with E-state index in [1.807, 2.05) is 4.90 Å². The summed E-state index contributed by atoms with van der Waals surface area (Å²) in [6, 6.07) is 5.94. The molecule has 0 aromatic carbocycles. The lowest BCUT2D eigenvalue weighted by Gasteiger charge is -2.31. The van der Waals surface area contributed by atoms with Crippen LogP contribution in [0.5, 0.6) is 0 Å². The minimum Gasteiger partial charge on any atom is -0.459 e. The molecule has 1 aliphatic carbocycles. The number of hydrogen-bond donors (Lipinski definition) is 1. The summed E-state index contributed by atoms with van der Waals surface area (Å²) in [7, 11) is 0. The van der Waals surface area contributed by atoms with Gasteiger partial charge in [0, 0.05) is 25.0 Å². The normalized spacial score (nSPS) is 19.2. The van der Waals surface area contributed by atoms with Crippen molar-refractivity contribution in [2.75, 3.05) is 18.0 Å². The molecule has 28 heavy (non-hydrogen) atoms. The van der Waals surface area contributed by atoms with E-state index >= 15 is 0 Å². The van der Waals surface area contributed by atoms with E-state index in [-0.39, 0.29) is 17.5 Å². The number of anilines is 1. The third-order valence-electron chi connectivity index (χ3n) is 5.80. The van der Waals surface area contributed by atoms with Crippen LogP contribution in [-0.4, -0.2) is 30.0 Å². The minimum atomic E-state index is 0.0255. The first-order chi connectivity index (χ1) is 13.7. The third kappa shape index (κ3) is 4.06. The molecule has 4 rings (SSSR count). The Labute approximate surface area is 164 Å². The van der Waals surface area contributed by atoms with Gasteiger partial charge in [0.25, 0.3) is 5.89 Å². The molecule has 2 aromatic rings. The van der Waals surface area contributed by atoms with Crippen LogP contribution in [0.2, 0.25) is 0 Å². The molecular formula is C21H26N4O3. The topological polar surface area (TPSA) is 95.3 Å². The Morgan fingerprint density at radius 1 is 1.18 bits per heavy atom. The summed E-state index contributed by atoms with van der Waals surface area (Å²) in [6.07, 6.45) is 10.2. The zero-order valence-electron chi connectivity index (χ0n) is 16.0. The zero-order valence-corrected chi connectivity index (χ0v) is 16.0. The van der Waals surface area contributed by atoms with E-state index in [0.717, 1.165) is 25.7 Å². The van der Waals surface area contributed by atoms with E-state index in [4.69, 9.17) is 8.83 Å². The number of nitrogens with zero attached hydrogens (tertiary/aromatic N) is 3. The lowest BCUT2D eigenvalue weighted by molar-refractivity contribution is -0.126.